The first kappa shape index (κ1) is 12.4. The van der Waals surface area contributed by atoms with Gasteiger partial charge < -0.3 is 10.1 Å². The molecule has 2 rings (SSSR count). The van der Waals surface area contributed by atoms with E-state index in [1.165, 1.54) is 13.3 Å². The second-order valence-electron chi connectivity index (χ2n) is 3.41. The Morgan fingerprint density at radius 1 is 1.50 bits per heavy atom. The zero-order chi connectivity index (χ0) is 12.8. The molecule has 0 unspecified atom stereocenters. The quantitative estimate of drug-likeness (QED) is 0.822. The molecular weight excluding hydrogens is 252 g/mol. The number of carbonyl (C=O) groups is 1. The van der Waals surface area contributed by atoms with Crippen LogP contribution in [0.15, 0.2) is 23.2 Å². The molecule has 0 atom stereocenters. The molecule has 0 saturated heterocycles. The maximum atomic E-state index is 11.2. The van der Waals surface area contributed by atoms with Crippen molar-refractivity contribution in [1.82, 2.24) is 15.0 Å². The first-order chi connectivity index (χ1) is 8.79. The van der Waals surface area contributed by atoms with Gasteiger partial charge in [-0.15, -0.1) is 11.3 Å². The molecule has 0 aliphatic rings. The molecule has 2 heterocycles. The number of anilines is 1. The van der Waals surface area contributed by atoms with Crippen LogP contribution in [0.1, 0.15) is 16.3 Å². The van der Waals surface area contributed by atoms with E-state index < -0.39 is 5.97 Å². The van der Waals surface area contributed by atoms with E-state index in [1.54, 1.807) is 22.9 Å². The molecule has 94 valence electrons. The Kier molecular flexibility index (Phi) is 4.19. The number of hydrogen-bond donors (Lipinski definition) is 1. The van der Waals surface area contributed by atoms with Crippen molar-refractivity contribution in [3.8, 4) is 0 Å². The van der Waals surface area contributed by atoms with Gasteiger partial charge in [0.1, 0.15) is 5.82 Å². The summed E-state index contributed by atoms with van der Waals surface area (Å²) in [5.41, 5.74) is 2.84. The van der Waals surface area contributed by atoms with Gasteiger partial charge in [0.15, 0.2) is 0 Å². The summed E-state index contributed by atoms with van der Waals surface area (Å²) in [4.78, 5) is 23.3. The summed E-state index contributed by atoms with van der Waals surface area (Å²) in [6.45, 7) is 0.696. The van der Waals surface area contributed by atoms with Crippen LogP contribution in [-0.2, 0) is 11.2 Å². The van der Waals surface area contributed by atoms with Crippen LogP contribution in [-0.4, -0.2) is 34.6 Å². The van der Waals surface area contributed by atoms with Gasteiger partial charge in [-0.25, -0.2) is 19.7 Å². The molecule has 0 radical (unpaired) electrons. The van der Waals surface area contributed by atoms with Gasteiger partial charge in [-0.3, -0.25) is 0 Å². The molecule has 0 fully saturated rings. The summed E-state index contributed by atoms with van der Waals surface area (Å²) in [5.74, 6) is 0.106. The number of nitrogens with zero attached hydrogens (tertiary/aromatic N) is 3. The van der Waals surface area contributed by atoms with Crippen molar-refractivity contribution < 1.29 is 9.53 Å². The number of carbonyl (C=O) groups excluding carboxylic acids is 1. The molecule has 2 aromatic heterocycles. The Labute approximate surface area is 108 Å². The van der Waals surface area contributed by atoms with Crippen LogP contribution in [0.3, 0.4) is 0 Å². The number of methoxy groups -OCH3 is 1. The lowest BCUT2D eigenvalue weighted by Crippen LogP contribution is -2.11. The summed E-state index contributed by atoms with van der Waals surface area (Å²) in [5, 5.41) is 5.11. The SMILES string of the molecule is COC(=O)c1nccc(NCCc2cscn2)n1. The first-order valence-electron chi connectivity index (χ1n) is 5.32. The van der Waals surface area contributed by atoms with Crippen LogP contribution in [0.5, 0.6) is 0 Å². The van der Waals surface area contributed by atoms with E-state index in [4.69, 9.17) is 0 Å². The van der Waals surface area contributed by atoms with E-state index in [2.05, 4.69) is 25.0 Å². The second kappa shape index (κ2) is 6.06. The van der Waals surface area contributed by atoms with Crippen molar-refractivity contribution in [1.29, 1.82) is 0 Å². The molecular formula is C11H12N4O2S. The van der Waals surface area contributed by atoms with Gasteiger partial charge in [0.25, 0.3) is 0 Å². The minimum Gasteiger partial charge on any atom is -0.463 e. The van der Waals surface area contributed by atoms with Crippen LogP contribution >= 0.6 is 11.3 Å². The van der Waals surface area contributed by atoms with Gasteiger partial charge in [0.2, 0.25) is 5.82 Å². The zero-order valence-corrected chi connectivity index (χ0v) is 10.6. The van der Waals surface area contributed by atoms with E-state index >= 15 is 0 Å². The van der Waals surface area contributed by atoms with Gasteiger partial charge in [-0.05, 0) is 6.07 Å². The molecule has 0 aliphatic carbocycles. The predicted octanol–water partition coefficient (Wildman–Crippen LogP) is 1.37. The molecule has 7 heteroatoms. The molecule has 0 amide bonds. The Hall–Kier alpha value is -2.02. The maximum Gasteiger partial charge on any atom is 0.376 e. The highest BCUT2D eigenvalue weighted by atomic mass is 32.1. The minimum absolute atomic E-state index is 0.0520. The monoisotopic (exact) mass is 264 g/mol. The normalized spacial score (nSPS) is 10.1. The summed E-state index contributed by atoms with van der Waals surface area (Å²) < 4.78 is 4.55. The Morgan fingerprint density at radius 2 is 2.39 bits per heavy atom. The number of esters is 1. The largest absolute Gasteiger partial charge is 0.463 e. The zero-order valence-electron chi connectivity index (χ0n) is 9.79. The average molecular weight is 264 g/mol. The second-order valence-corrected chi connectivity index (χ2v) is 4.13. The first-order valence-corrected chi connectivity index (χ1v) is 6.26. The lowest BCUT2D eigenvalue weighted by molar-refractivity contribution is 0.0587. The van der Waals surface area contributed by atoms with Gasteiger partial charge in [-0.2, -0.15) is 0 Å². The van der Waals surface area contributed by atoms with Crippen molar-refractivity contribution >= 4 is 23.1 Å². The van der Waals surface area contributed by atoms with E-state index in [0.717, 1.165) is 12.1 Å². The van der Waals surface area contributed by atoms with Gasteiger partial charge in [0, 0.05) is 24.5 Å². The Bertz CT molecular complexity index is 516. The average Bonchev–Trinajstić information content (AvgIpc) is 2.91. The molecule has 1 N–H and O–H groups in total. The molecule has 0 bridgehead atoms. The fourth-order valence-electron chi connectivity index (χ4n) is 1.33. The summed E-state index contributed by atoms with van der Waals surface area (Å²) in [6, 6.07) is 1.70. The van der Waals surface area contributed by atoms with E-state index in [-0.39, 0.29) is 5.82 Å². The van der Waals surface area contributed by atoms with Crippen LogP contribution in [0.4, 0.5) is 5.82 Å². The lowest BCUT2D eigenvalue weighted by atomic mass is 10.3. The number of ether oxygens (including phenoxy) is 1. The van der Waals surface area contributed by atoms with Gasteiger partial charge in [-0.1, -0.05) is 0 Å². The van der Waals surface area contributed by atoms with Gasteiger partial charge >= 0.3 is 5.97 Å². The number of rotatable bonds is 5. The summed E-state index contributed by atoms with van der Waals surface area (Å²) in [6.07, 6.45) is 2.32. The molecule has 0 aromatic carbocycles. The van der Waals surface area contributed by atoms with Crippen LogP contribution in [0.2, 0.25) is 0 Å². The van der Waals surface area contributed by atoms with Crippen LogP contribution in [0.25, 0.3) is 0 Å². The van der Waals surface area contributed by atoms with Crippen molar-refractivity contribution in [2.75, 3.05) is 19.0 Å². The predicted molar refractivity (Wildman–Crippen MR) is 67.7 cm³/mol. The number of nitrogens with one attached hydrogen (secondary N) is 1. The van der Waals surface area contributed by atoms with Crippen molar-refractivity contribution in [3.05, 3.63) is 34.7 Å². The van der Waals surface area contributed by atoms with E-state index in [0.29, 0.717) is 12.4 Å². The fraction of sp³-hybridized carbons (Fsp3) is 0.273. The van der Waals surface area contributed by atoms with E-state index in [1.807, 2.05) is 5.38 Å². The molecule has 0 aliphatic heterocycles. The van der Waals surface area contributed by atoms with Crippen LogP contribution < -0.4 is 5.32 Å². The standard InChI is InChI=1S/C11H12N4O2S/c1-17-11(16)10-13-5-3-9(15-10)12-4-2-8-6-18-7-14-8/h3,5-7H,2,4H2,1H3,(H,12,13,15). The summed E-state index contributed by atoms with van der Waals surface area (Å²) >= 11 is 1.57. The number of hydrogen-bond acceptors (Lipinski definition) is 7. The topological polar surface area (TPSA) is 77.0 Å². The van der Waals surface area contributed by atoms with E-state index in [9.17, 15) is 4.79 Å². The summed E-state index contributed by atoms with van der Waals surface area (Å²) in [7, 11) is 1.30. The third-order valence-corrected chi connectivity index (χ3v) is 2.83. The van der Waals surface area contributed by atoms with Crippen LogP contribution in [0, 0.1) is 0 Å². The lowest BCUT2D eigenvalue weighted by Gasteiger charge is -2.05. The Balaban J connectivity index is 1.91. The Morgan fingerprint density at radius 3 is 3.11 bits per heavy atom. The highest BCUT2D eigenvalue weighted by molar-refractivity contribution is 7.07. The number of thiazole rings is 1. The maximum absolute atomic E-state index is 11.2. The third-order valence-electron chi connectivity index (χ3n) is 2.19. The molecule has 0 spiro atoms. The highest BCUT2D eigenvalue weighted by Gasteiger charge is 2.09. The highest BCUT2D eigenvalue weighted by Crippen LogP contribution is 2.05. The smallest absolute Gasteiger partial charge is 0.376 e. The molecule has 0 saturated carbocycles. The molecule has 2 aromatic rings. The minimum atomic E-state index is -0.543. The fourth-order valence-corrected chi connectivity index (χ4v) is 1.92. The molecule has 6 nitrogen and oxygen atoms in total. The van der Waals surface area contributed by atoms with Crippen molar-refractivity contribution in [2.45, 2.75) is 6.42 Å². The molecule has 18 heavy (non-hydrogen) atoms. The van der Waals surface area contributed by atoms with Crippen molar-refractivity contribution in [3.63, 3.8) is 0 Å². The van der Waals surface area contributed by atoms with Gasteiger partial charge in [0.05, 0.1) is 18.3 Å². The number of aromatic nitrogens is 3. The third kappa shape index (κ3) is 3.24. The van der Waals surface area contributed by atoms with Crippen molar-refractivity contribution in [2.24, 2.45) is 0 Å².